The van der Waals surface area contributed by atoms with Gasteiger partial charge in [-0.3, -0.25) is 18.7 Å². The number of aliphatic carboxylic acids is 1. The second-order valence-electron chi connectivity index (χ2n) is 11.4. The summed E-state index contributed by atoms with van der Waals surface area (Å²) in [5.41, 5.74) is 1.81. The molecule has 1 saturated heterocycles. The standard InChI is InChI=1S/C25H26F2N2O4.C7H6N4O/c1-13(2)9-20-23(30)28-21(16-10-14-5-3-4-6-15(14)11-16)24(31)29(20)22(25(32)33)18-8-7-17(26)12-19(18)27;12-7(10-3-1-8-5-10)11-4-2-9-6-11/h3-8,12-13,16,20-22H,9-11H2,1-2H3,(H,28,30)(H,32,33);1-6H/t20-,21-,22-;/m1./s1. The molecule has 0 bridgehead atoms. The van der Waals surface area contributed by atoms with Crippen LogP contribution >= 0.6 is 0 Å². The van der Waals surface area contributed by atoms with Crippen LogP contribution in [-0.2, 0) is 27.2 Å². The average Bonchev–Trinajstić information content (AvgIpc) is 3.79. The predicted octanol–water partition coefficient (Wildman–Crippen LogP) is 3.84. The lowest BCUT2D eigenvalue weighted by Crippen LogP contribution is -2.66. The SMILES string of the molecule is CC(C)C[C@@H]1C(=O)N[C@H](C2Cc3ccccc3C2)C(=O)N1[C@@H](C(=O)O)c1ccc(F)cc1F.O=C(n1ccnc1)n1ccnc1. The minimum Gasteiger partial charge on any atom is -0.479 e. The number of benzene rings is 2. The van der Waals surface area contributed by atoms with Gasteiger partial charge in [-0.2, -0.15) is 0 Å². The minimum absolute atomic E-state index is 0.0316. The van der Waals surface area contributed by atoms with Crippen molar-refractivity contribution >= 4 is 23.8 Å². The number of amides is 2. The Morgan fingerprint density at radius 1 is 0.978 bits per heavy atom. The molecule has 3 atom stereocenters. The van der Waals surface area contributed by atoms with Crippen molar-refractivity contribution in [2.45, 2.75) is 51.2 Å². The zero-order chi connectivity index (χ0) is 32.2. The van der Waals surface area contributed by atoms with E-state index in [0.717, 1.165) is 28.2 Å². The van der Waals surface area contributed by atoms with Gasteiger partial charge in [0, 0.05) is 36.4 Å². The van der Waals surface area contributed by atoms with Crippen LogP contribution < -0.4 is 5.32 Å². The first-order valence-electron chi connectivity index (χ1n) is 14.4. The molecule has 2 aromatic heterocycles. The maximum absolute atomic E-state index is 14.7. The number of hydrogen-bond acceptors (Lipinski definition) is 6. The zero-order valence-corrected chi connectivity index (χ0v) is 24.6. The third kappa shape index (κ3) is 6.66. The van der Waals surface area contributed by atoms with Crippen LogP contribution in [-0.4, -0.2) is 65.0 Å². The Kier molecular flexibility index (Phi) is 9.16. The van der Waals surface area contributed by atoms with E-state index in [0.29, 0.717) is 18.9 Å². The van der Waals surface area contributed by atoms with Crippen molar-refractivity contribution in [1.82, 2.24) is 29.3 Å². The van der Waals surface area contributed by atoms with Gasteiger partial charge < -0.3 is 15.3 Å². The van der Waals surface area contributed by atoms with Crippen LogP contribution in [0.1, 0.15) is 43.0 Å². The fourth-order valence-corrected chi connectivity index (χ4v) is 5.88. The van der Waals surface area contributed by atoms with Crippen molar-refractivity contribution < 1.29 is 33.1 Å². The van der Waals surface area contributed by atoms with Crippen LogP contribution in [0.4, 0.5) is 13.6 Å². The van der Waals surface area contributed by atoms with E-state index < -0.39 is 47.5 Å². The molecule has 2 aliphatic rings. The minimum atomic E-state index is -1.75. The van der Waals surface area contributed by atoms with Crippen molar-refractivity contribution in [2.24, 2.45) is 11.8 Å². The van der Waals surface area contributed by atoms with Gasteiger partial charge in [-0.15, -0.1) is 0 Å². The molecule has 2 aromatic carbocycles. The average molecular weight is 619 g/mol. The number of imidazole rings is 2. The molecule has 13 heteroatoms. The number of carboxylic acids is 1. The van der Waals surface area contributed by atoms with E-state index in [1.165, 1.54) is 21.8 Å². The van der Waals surface area contributed by atoms with Crippen molar-refractivity contribution in [3.63, 3.8) is 0 Å². The molecular formula is C32H32F2N6O5. The van der Waals surface area contributed by atoms with Gasteiger partial charge in [0.05, 0.1) is 0 Å². The fraction of sp³-hybridized carbons (Fsp3) is 0.312. The van der Waals surface area contributed by atoms with Crippen LogP contribution in [0.5, 0.6) is 0 Å². The third-order valence-corrected chi connectivity index (χ3v) is 7.93. The molecular weight excluding hydrogens is 586 g/mol. The van der Waals surface area contributed by atoms with Crippen LogP contribution in [0.25, 0.3) is 0 Å². The summed E-state index contributed by atoms with van der Waals surface area (Å²) in [4.78, 5) is 59.2. The van der Waals surface area contributed by atoms with Crippen LogP contribution in [0, 0.1) is 23.5 Å². The summed E-state index contributed by atoms with van der Waals surface area (Å²) in [6.45, 7) is 3.70. The molecule has 2 amide bonds. The van der Waals surface area contributed by atoms with Crippen molar-refractivity contribution in [2.75, 3.05) is 0 Å². The van der Waals surface area contributed by atoms with Gasteiger partial charge in [-0.1, -0.05) is 44.2 Å². The largest absolute Gasteiger partial charge is 0.479 e. The van der Waals surface area contributed by atoms with Gasteiger partial charge in [0.1, 0.15) is 36.4 Å². The molecule has 45 heavy (non-hydrogen) atoms. The maximum atomic E-state index is 14.7. The second kappa shape index (κ2) is 13.2. The monoisotopic (exact) mass is 618 g/mol. The Balaban J connectivity index is 0.000000277. The Morgan fingerprint density at radius 3 is 2.07 bits per heavy atom. The molecule has 1 fully saturated rings. The molecule has 3 heterocycles. The number of hydrogen-bond donors (Lipinski definition) is 2. The summed E-state index contributed by atoms with van der Waals surface area (Å²) in [7, 11) is 0. The first kappa shape index (κ1) is 31.2. The van der Waals surface area contributed by atoms with E-state index in [9.17, 15) is 33.1 Å². The summed E-state index contributed by atoms with van der Waals surface area (Å²) in [5, 5.41) is 12.9. The lowest BCUT2D eigenvalue weighted by atomic mass is 9.88. The fourth-order valence-electron chi connectivity index (χ4n) is 5.88. The first-order chi connectivity index (χ1) is 21.5. The van der Waals surface area contributed by atoms with Gasteiger partial charge in [-0.25, -0.2) is 28.3 Å². The molecule has 4 aromatic rings. The Morgan fingerprint density at radius 2 is 1.58 bits per heavy atom. The quantitative estimate of drug-likeness (QED) is 0.335. The molecule has 0 unspecified atom stereocenters. The molecule has 1 aliphatic heterocycles. The Hall–Kier alpha value is -5.20. The van der Waals surface area contributed by atoms with E-state index in [1.807, 2.05) is 38.1 Å². The predicted molar refractivity (Wildman–Crippen MR) is 157 cm³/mol. The number of nitrogens with one attached hydrogen (secondary N) is 1. The number of nitrogens with zero attached hydrogens (tertiary/aromatic N) is 5. The summed E-state index contributed by atoms with van der Waals surface area (Å²) < 4.78 is 30.9. The number of piperazine rings is 1. The summed E-state index contributed by atoms with van der Waals surface area (Å²) in [6, 6.07) is 6.36. The molecule has 1 aliphatic carbocycles. The van der Waals surface area contributed by atoms with E-state index in [1.54, 1.807) is 24.8 Å². The smallest absolute Gasteiger partial charge is 0.338 e. The molecule has 0 saturated carbocycles. The van der Waals surface area contributed by atoms with Gasteiger partial charge in [0.15, 0.2) is 6.04 Å². The highest BCUT2D eigenvalue weighted by molar-refractivity contribution is 5.99. The topological polar surface area (TPSA) is 139 Å². The Labute approximate surface area is 257 Å². The number of rotatable bonds is 6. The highest BCUT2D eigenvalue weighted by atomic mass is 19.1. The number of aromatic nitrogens is 4. The number of carboxylic acid groups (broad SMARTS) is 1. The zero-order valence-electron chi connectivity index (χ0n) is 24.6. The number of carbonyl (C=O) groups excluding carboxylic acids is 3. The number of fused-ring (bicyclic) bond motifs is 1. The Bertz CT molecular complexity index is 1630. The van der Waals surface area contributed by atoms with Crippen LogP contribution in [0.2, 0.25) is 0 Å². The summed E-state index contributed by atoms with van der Waals surface area (Å²) >= 11 is 0. The van der Waals surface area contributed by atoms with Gasteiger partial charge in [-0.05, 0) is 48.3 Å². The van der Waals surface area contributed by atoms with E-state index >= 15 is 0 Å². The third-order valence-electron chi connectivity index (χ3n) is 7.93. The number of carbonyl (C=O) groups is 4. The highest BCUT2D eigenvalue weighted by Crippen LogP contribution is 2.36. The molecule has 11 nitrogen and oxygen atoms in total. The van der Waals surface area contributed by atoms with Crippen LogP contribution in [0.3, 0.4) is 0 Å². The highest BCUT2D eigenvalue weighted by Gasteiger charge is 2.50. The van der Waals surface area contributed by atoms with Gasteiger partial charge in [0.2, 0.25) is 11.8 Å². The van der Waals surface area contributed by atoms with Crippen molar-refractivity contribution in [1.29, 1.82) is 0 Å². The second-order valence-corrected chi connectivity index (χ2v) is 11.4. The molecule has 0 radical (unpaired) electrons. The summed E-state index contributed by atoms with van der Waals surface area (Å²) in [5.74, 6) is -4.71. The van der Waals surface area contributed by atoms with Gasteiger partial charge in [0.25, 0.3) is 0 Å². The molecule has 0 spiro atoms. The van der Waals surface area contributed by atoms with E-state index in [4.69, 9.17) is 0 Å². The lowest BCUT2D eigenvalue weighted by Gasteiger charge is -2.44. The first-order valence-corrected chi connectivity index (χ1v) is 14.4. The normalized spacial score (nSPS) is 18.6. The summed E-state index contributed by atoms with van der Waals surface area (Å²) in [6.07, 6.45) is 10.5. The van der Waals surface area contributed by atoms with E-state index in [2.05, 4.69) is 15.3 Å². The van der Waals surface area contributed by atoms with Crippen molar-refractivity contribution in [3.05, 3.63) is 108 Å². The molecule has 6 rings (SSSR count). The van der Waals surface area contributed by atoms with Crippen LogP contribution in [0.15, 0.2) is 79.9 Å². The molecule has 2 N–H and O–H groups in total. The van der Waals surface area contributed by atoms with Gasteiger partial charge >= 0.3 is 12.0 Å². The van der Waals surface area contributed by atoms with Crippen molar-refractivity contribution in [3.8, 4) is 0 Å². The number of halogens is 2. The van der Waals surface area contributed by atoms with E-state index in [-0.39, 0.29) is 29.9 Å². The lowest BCUT2D eigenvalue weighted by molar-refractivity contribution is -0.162. The molecule has 234 valence electrons. The maximum Gasteiger partial charge on any atom is 0.338 e.